The Morgan fingerprint density at radius 3 is 2.80 bits per heavy atom. The lowest BCUT2D eigenvalue weighted by atomic mass is 10.2. The van der Waals surface area contributed by atoms with Gasteiger partial charge in [0.15, 0.2) is 5.16 Å². The number of aryl methyl sites for hydroxylation is 1. The van der Waals surface area contributed by atoms with Crippen LogP contribution >= 0.6 is 35.0 Å². The Balaban J connectivity index is 1.79. The van der Waals surface area contributed by atoms with Gasteiger partial charge in [0.2, 0.25) is 0 Å². The van der Waals surface area contributed by atoms with Crippen molar-refractivity contribution < 1.29 is 0 Å². The van der Waals surface area contributed by atoms with E-state index < -0.39 is 0 Å². The summed E-state index contributed by atoms with van der Waals surface area (Å²) in [6.45, 7) is 2.06. The molecule has 0 bridgehead atoms. The molecule has 3 rings (SSSR count). The smallest absolute Gasteiger partial charge is 0.166 e. The largest absolute Gasteiger partial charge is 0.333 e. The minimum atomic E-state index is 0.406. The predicted molar refractivity (Wildman–Crippen MR) is 84.6 cm³/mol. The summed E-state index contributed by atoms with van der Waals surface area (Å²) in [5.41, 5.74) is 4.17. The first-order valence-corrected chi connectivity index (χ1v) is 7.76. The summed E-state index contributed by atoms with van der Waals surface area (Å²) in [5.74, 6) is 0.696. The van der Waals surface area contributed by atoms with Crippen molar-refractivity contribution in [2.45, 2.75) is 17.8 Å². The van der Waals surface area contributed by atoms with E-state index in [9.17, 15) is 0 Å². The van der Waals surface area contributed by atoms with E-state index in [1.807, 2.05) is 12.1 Å². The molecule has 3 aromatic rings. The zero-order valence-corrected chi connectivity index (χ0v) is 13.0. The number of H-pyrrole nitrogens is 1. The number of aromatic amines is 1. The average molecular weight is 324 g/mol. The lowest BCUT2D eigenvalue weighted by Gasteiger charge is -2.01. The highest BCUT2D eigenvalue weighted by Crippen LogP contribution is 2.26. The number of hydrogen-bond acceptors (Lipinski definition) is 3. The maximum atomic E-state index is 6.06. The van der Waals surface area contributed by atoms with Crippen LogP contribution in [0, 0.1) is 6.92 Å². The molecule has 1 aromatic carbocycles. The van der Waals surface area contributed by atoms with E-state index in [4.69, 9.17) is 23.2 Å². The van der Waals surface area contributed by atoms with Crippen molar-refractivity contribution in [3.05, 3.63) is 51.8 Å². The number of hydrogen-bond donors (Lipinski definition) is 1. The third-order valence-electron chi connectivity index (χ3n) is 2.87. The third kappa shape index (κ3) is 2.92. The first kappa shape index (κ1) is 13.7. The molecule has 3 nitrogen and oxygen atoms in total. The summed E-state index contributed by atoms with van der Waals surface area (Å²) in [6, 6.07) is 9.78. The number of pyridine rings is 1. The number of thioether (sulfide) groups is 1. The van der Waals surface area contributed by atoms with Gasteiger partial charge in [0.1, 0.15) is 10.3 Å². The Hall–Kier alpha value is -1.23. The second-order valence-electron chi connectivity index (χ2n) is 4.44. The SMILES string of the molecule is Cc1ccc2nc(SCc3ccc(Cl)nc3Cl)[nH]c2c1. The monoisotopic (exact) mass is 323 g/mol. The number of benzene rings is 1. The molecule has 0 spiro atoms. The van der Waals surface area contributed by atoms with Gasteiger partial charge in [-0.05, 0) is 36.2 Å². The first-order valence-electron chi connectivity index (χ1n) is 6.02. The standard InChI is InChI=1S/C14H11Cl2N3S/c1-8-2-4-10-11(6-8)18-14(17-10)20-7-9-3-5-12(15)19-13(9)16/h2-6H,7H2,1H3,(H,17,18). The first-order chi connectivity index (χ1) is 9.61. The molecule has 2 heterocycles. The highest BCUT2D eigenvalue weighted by molar-refractivity contribution is 7.98. The van der Waals surface area contributed by atoms with E-state index in [1.165, 1.54) is 5.56 Å². The van der Waals surface area contributed by atoms with Crippen molar-refractivity contribution in [3.63, 3.8) is 0 Å². The van der Waals surface area contributed by atoms with Gasteiger partial charge in [-0.3, -0.25) is 0 Å². The zero-order chi connectivity index (χ0) is 14.1. The van der Waals surface area contributed by atoms with Gasteiger partial charge in [0.05, 0.1) is 11.0 Å². The van der Waals surface area contributed by atoms with Crippen LogP contribution in [0.2, 0.25) is 10.3 Å². The highest BCUT2D eigenvalue weighted by Gasteiger charge is 2.07. The summed E-state index contributed by atoms with van der Waals surface area (Å²) in [4.78, 5) is 11.9. The number of fused-ring (bicyclic) bond motifs is 1. The van der Waals surface area contributed by atoms with Gasteiger partial charge in [-0.15, -0.1) is 0 Å². The molecule has 6 heteroatoms. The molecule has 0 aliphatic rings. The maximum absolute atomic E-state index is 6.06. The lowest BCUT2D eigenvalue weighted by molar-refractivity contribution is 1.08. The van der Waals surface area contributed by atoms with Crippen molar-refractivity contribution in [1.82, 2.24) is 15.0 Å². The Morgan fingerprint density at radius 1 is 1.15 bits per heavy atom. The van der Waals surface area contributed by atoms with Crippen LogP contribution in [-0.2, 0) is 5.75 Å². The molecule has 20 heavy (non-hydrogen) atoms. The van der Waals surface area contributed by atoms with Gasteiger partial charge in [0.25, 0.3) is 0 Å². The number of rotatable bonds is 3. The number of nitrogens with zero attached hydrogens (tertiary/aromatic N) is 2. The van der Waals surface area contributed by atoms with Crippen molar-refractivity contribution in [3.8, 4) is 0 Å². The van der Waals surface area contributed by atoms with Gasteiger partial charge in [-0.2, -0.15) is 0 Å². The molecule has 0 unspecified atom stereocenters. The van der Waals surface area contributed by atoms with E-state index >= 15 is 0 Å². The van der Waals surface area contributed by atoms with Gasteiger partial charge < -0.3 is 4.98 Å². The van der Waals surface area contributed by atoms with E-state index in [-0.39, 0.29) is 0 Å². The summed E-state index contributed by atoms with van der Waals surface area (Å²) in [7, 11) is 0. The molecular weight excluding hydrogens is 313 g/mol. The molecule has 0 saturated carbocycles. The second-order valence-corrected chi connectivity index (χ2v) is 6.14. The van der Waals surface area contributed by atoms with Gasteiger partial charge in [0, 0.05) is 5.75 Å². The van der Waals surface area contributed by atoms with Crippen LogP contribution in [0.3, 0.4) is 0 Å². The number of halogens is 2. The Labute approximate surface area is 130 Å². The number of aromatic nitrogens is 3. The highest BCUT2D eigenvalue weighted by atomic mass is 35.5. The minimum Gasteiger partial charge on any atom is -0.333 e. The second kappa shape index (κ2) is 5.64. The topological polar surface area (TPSA) is 41.6 Å². The van der Waals surface area contributed by atoms with E-state index in [1.54, 1.807) is 17.8 Å². The van der Waals surface area contributed by atoms with Crippen LogP contribution in [0.5, 0.6) is 0 Å². The average Bonchev–Trinajstić information content (AvgIpc) is 2.79. The summed E-state index contributed by atoms with van der Waals surface area (Å²) in [6.07, 6.45) is 0. The van der Waals surface area contributed by atoms with Crippen LogP contribution in [0.1, 0.15) is 11.1 Å². The Kier molecular flexibility index (Phi) is 3.87. The van der Waals surface area contributed by atoms with E-state index in [0.29, 0.717) is 16.1 Å². The minimum absolute atomic E-state index is 0.406. The molecule has 0 fully saturated rings. The summed E-state index contributed by atoms with van der Waals surface area (Å²) in [5, 5.41) is 1.72. The van der Waals surface area contributed by atoms with Crippen LogP contribution in [0.4, 0.5) is 0 Å². The zero-order valence-electron chi connectivity index (χ0n) is 10.7. The van der Waals surface area contributed by atoms with E-state index in [2.05, 4.69) is 34.0 Å². The molecule has 0 radical (unpaired) electrons. The fourth-order valence-electron chi connectivity index (χ4n) is 1.86. The Bertz CT molecular complexity index is 770. The van der Waals surface area contributed by atoms with Crippen molar-refractivity contribution in [2.24, 2.45) is 0 Å². The van der Waals surface area contributed by atoms with Gasteiger partial charge in [-0.1, -0.05) is 47.1 Å². The summed E-state index contributed by atoms with van der Waals surface area (Å²) >= 11 is 13.4. The predicted octanol–water partition coefficient (Wildman–Crippen LogP) is 4.87. The van der Waals surface area contributed by atoms with Crippen LogP contribution in [0.25, 0.3) is 11.0 Å². The van der Waals surface area contributed by atoms with Crippen LogP contribution in [-0.4, -0.2) is 15.0 Å². The normalized spacial score (nSPS) is 11.2. The van der Waals surface area contributed by atoms with Gasteiger partial charge in [-0.25, -0.2) is 9.97 Å². The number of imidazole rings is 1. The van der Waals surface area contributed by atoms with Crippen LogP contribution in [0.15, 0.2) is 35.5 Å². The molecule has 0 aliphatic carbocycles. The maximum Gasteiger partial charge on any atom is 0.166 e. The summed E-state index contributed by atoms with van der Waals surface area (Å²) < 4.78 is 0. The number of nitrogens with one attached hydrogen (secondary N) is 1. The van der Waals surface area contributed by atoms with Crippen molar-refractivity contribution in [2.75, 3.05) is 0 Å². The molecule has 1 N–H and O–H groups in total. The third-order valence-corrected chi connectivity index (χ3v) is 4.33. The Morgan fingerprint density at radius 2 is 2.00 bits per heavy atom. The molecule has 0 atom stereocenters. The van der Waals surface area contributed by atoms with Gasteiger partial charge >= 0.3 is 0 Å². The molecular formula is C14H11Cl2N3S. The quantitative estimate of drug-likeness (QED) is 0.552. The van der Waals surface area contributed by atoms with E-state index in [0.717, 1.165) is 21.8 Å². The van der Waals surface area contributed by atoms with Crippen molar-refractivity contribution in [1.29, 1.82) is 0 Å². The van der Waals surface area contributed by atoms with Crippen molar-refractivity contribution >= 4 is 46.0 Å². The molecule has 0 amide bonds. The molecule has 0 aliphatic heterocycles. The van der Waals surface area contributed by atoms with Crippen LogP contribution < -0.4 is 0 Å². The molecule has 0 saturated heterocycles. The molecule has 102 valence electrons. The molecule has 2 aromatic heterocycles. The fraction of sp³-hybridized carbons (Fsp3) is 0.143. The lowest BCUT2D eigenvalue weighted by Crippen LogP contribution is -1.87. The fourth-order valence-corrected chi connectivity index (χ4v) is 3.22.